The van der Waals surface area contributed by atoms with Crippen molar-refractivity contribution in [3.63, 3.8) is 0 Å². The molecule has 0 aliphatic carbocycles. The Morgan fingerprint density at radius 2 is 2.19 bits per heavy atom. The van der Waals surface area contributed by atoms with Gasteiger partial charge < -0.3 is 15.2 Å². The number of nitrogens with two attached hydrogens (primary N) is 1. The zero-order chi connectivity index (χ0) is 11.2. The van der Waals surface area contributed by atoms with Gasteiger partial charge >= 0.3 is 0 Å². The van der Waals surface area contributed by atoms with E-state index in [-0.39, 0.29) is 0 Å². The van der Waals surface area contributed by atoms with E-state index in [2.05, 4.69) is 14.5 Å². The molecule has 0 radical (unpaired) electrons. The lowest BCUT2D eigenvalue weighted by Gasteiger charge is -2.30. The number of aryl methyl sites for hydroxylation is 1. The molecule has 0 aromatic carbocycles. The predicted molar refractivity (Wildman–Crippen MR) is 65.1 cm³/mol. The predicted octanol–water partition coefficient (Wildman–Crippen LogP) is 1.09. The Kier molecular flexibility index (Phi) is 4.36. The lowest BCUT2D eigenvalue weighted by atomic mass is 10.1. The minimum Gasteiger partial charge on any atom is -0.337 e. The molecule has 1 aliphatic heterocycles. The molecule has 2 heterocycles. The molecule has 1 aliphatic rings. The smallest absolute Gasteiger partial charge is 0.0945 e. The Bertz CT molecular complexity index is 283. The van der Waals surface area contributed by atoms with Crippen LogP contribution in [0.3, 0.4) is 0 Å². The van der Waals surface area contributed by atoms with Crippen LogP contribution < -0.4 is 5.73 Å². The molecule has 0 saturated carbocycles. The van der Waals surface area contributed by atoms with Gasteiger partial charge in [0.15, 0.2) is 0 Å². The zero-order valence-corrected chi connectivity index (χ0v) is 9.89. The molecular weight excluding hydrogens is 200 g/mol. The summed E-state index contributed by atoms with van der Waals surface area (Å²) in [5.74, 6) is 0. The van der Waals surface area contributed by atoms with E-state index in [1.54, 1.807) is 0 Å². The molecule has 1 unspecified atom stereocenters. The van der Waals surface area contributed by atoms with Crippen LogP contribution in [-0.2, 0) is 6.54 Å². The largest absolute Gasteiger partial charge is 0.337 e. The van der Waals surface area contributed by atoms with Crippen molar-refractivity contribution in [2.24, 2.45) is 5.73 Å². The topological polar surface area (TPSA) is 47.1 Å². The van der Waals surface area contributed by atoms with Crippen molar-refractivity contribution in [1.29, 1.82) is 0 Å². The highest BCUT2D eigenvalue weighted by Gasteiger charge is 2.15. The molecule has 16 heavy (non-hydrogen) atoms. The first-order valence-corrected chi connectivity index (χ1v) is 6.28. The highest BCUT2D eigenvalue weighted by atomic mass is 15.1. The molecule has 1 aromatic heterocycles. The highest BCUT2D eigenvalue weighted by Crippen LogP contribution is 2.09. The third kappa shape index (κ3) is 3.61. The van der Waals surface area contributed by atoms with Crippen molar-refractivity contribution < 1.29 is 0 Å². The summed E-state index contributed by atoms with van der Waals surface area (Å²) in [6.07, 6.45) is 10.7. The Balaban J connectivity index is 1.57. The lowest BCUT2D eigenvalue weighted by molar-refractivity contribution is 0.205. The van der Waals surface area contributed by atoms with Gasteiger partial charge in [-0.05, 0) is 38.8 Å². The molecule has 1 saturated heterocycles. The number of hydrogen-bond acceptors (Lipinski definition) is 3. The second-order valence-corrected chi connectivity index (χ2v) is 4.71. The average Bonchev–Trinajstić information content (AvgIpc) is 2.77. The standard InChI is InChI=1S/C12H22N4/c13-12-4-3-8-15(10-12)6-1-2-7-16-9-5-14-11-16/h5,9,11-12H,1-4,6-8,10,13H2. The number of unbranched alkanes of at least 4 members (excludes halogenated alkanes) is 1. The molecule has 4 heteroatoms. The van der Waals surface area contributed by atoms with Crippen molar-refractivity contribution in [2.75, 3.05) is 19.6 Å². The summed E-state index contributed by atoms with van der Waals surface area (Å²) >= 11 is 0. The Morgan fingerprint density at radius 3 is 2.94 bits per heavy atom. The molecule has 1 fully saturated rings. The summed E-state index contributed by atoms with van der Waals surface area (Å²) in [5.41, 5.74) is 5.95. The summed E-state index contributed by atoms with van der Waals surface area (Å²) in [6, 6.07) is 0.405. The van der Waals surface area contributed by atoms with E-state index in [1.165, 1.54) is 38.8 Å². The van der Waals surface area contributed by atoms with Gasteiger partial charge in [-0.25, -0.2) is 4.98 Å². The van der Waals surface area contributed by atoms with Crippen molar-refractivity contribution >= 4 is 0 Å². The monoisotopic (exact) mass is 222 g/mol. The zero-order valence-electron chi connectivity index (χ0n) is 9.89. The molecule has 0 spiro atoms. The fraction of sp³-hybridized carbons (Fsp3) is 0.750. The Morgan fingerprint density at radius 1 is 1.31 bits per heavy atom. The van der Waals surface area contributed by atoms with E-state index in [0.717, 1.165) is 13.1 Å². The number of rotatable bonds is 5. The SMILES string of the molecule is NC1CCCN(CCCCn2ccnc2)C1. The van der Waals surface area contributed by atoms with Crippen molar-refractivity contribution in [2.45, 2.75) is 38.3 Å². The summed E-state index contributed by atoms with van der Waals surface area (Å²) in [5, 5.41) is 0. The average molecular weight is 222 g/mol. The first kappa shape index (κ1) is 11.6. The second kappa shape index (κ2) is 6.01. The molecule has 0 bridgehead atoms. The fourth-order valence-corrected chi connectivity index (χ4v) is 2.34. The van der Waals surface area contributed by atoms with Crippen LogP contribution >= 0.6 is 0 Å². The van der Waals surface area contributed by atoms with Crippen LogP contribution in [0.4, 0.5) is 0 Å². The minimum absolute atomic E-state index is 0.405. The van der Waals surface area contributed by atoms with Crippen LogP contribution in [0.15, 0.2) is 18.7 Å². The van der Waals surface area contributed by atoms with Crippen molar-refractivity contribution in [3.8, 4) is 0 Å². The number of nitrogens with zero attached hydrogens (tertiary/aromatic N) is 3. The van der Waals surface area contributed by atoms with E-state index in [0.29, 0.717) is 6.04 Å². The minimum atomic E-state index is 0.405. The van der Waals surface area contributed by atoms with Crippen LogP contribution in [0.5, 0.6) is 0 Å². The van der Waals surface area contributed by atoms with Crippen LogP contribution in [0.1, 0.15) is 25.7 Å². The van der Waals surface area contributed by atoms with Crippen LogP contribution in [0, 0.1) is 0 Å². The molecule has 0 amide bonds. The van der Waals surface area contributed by atoms with E-state index in [1.807, 2.05) is 18.7 Å². The van der Waals surface area contributed by atoms with Gasteiger partial charge in [0.1, 0.15) is 0 Å². The van der Waals surface area contributed by atoms with Gasteiger partial charge in [-0.15, -0.1) is 0 Å². The lowest BCUT2D eigenvalue weighted by Crippen LogP contribution is -2.43. The quantitative estimate of drug-likeness (QED) is 0.759. The second-order valence-electron chi connectivity index (χ2n) is 4.71. The normalized spacial score (nSPS) is 22.4. The molecule has 4 nitrogen and oxygen atoms in total. The maximum atomic E-state index is 5.95. The van der Waals surface area contributed by atoms with Crippen molar-refractivity contribution in [1.82, 2.24) is 14.5 Å². The summed E-state index contributed by atoms with van der Waals surface area (Å²) in [6.45, 7) is 4.60. The number of imidazole rings is 1. The number of likely N-dealkylation sites (tertiary alicyclic amines) is 1. The van der Waals surface area contributed by atoms with Gasteiger partial charge in [0, 0.05) is 31.5 Å². The van der Waals surface area contributed by atoms with Crippen molar-refractivity contribution in [3.05, 3.63) is 18.7 Å². The fourth-order valence-electron chi connectivity index (χ4n) is 2.34. The van der Waals surface area contributed by atoms with Gasteiger partial charge in [0.25, 0.3) is 0 Å². The Hall–Kier alpha value is -0.870. The van der Waals surface area contributed by atoms with Gasteiger partial charge in [0.05, 0.1) is 6.33 Å². The van der Waals surface area contributed by atoms with Crippen LogP contribution in [-0.4, -0.2) is 40.1 Å². The number of aromatic nitrogens is 2. The molecule has 1 atom stereocenters. The summed E-state index contributed by atoms with van der Waals surface area (Å²) in [7, 11) is 0. The Labute approximate surface area is 97.4 Å². The van der Waals surface area contributed by atoms with Crippen LogP contribution in [0.2, 0.25) is 0 Å². The molecule has 90 valence electrons. The maximum absolute atomic E-state index is 5.95. The van der Waals surface area contributed by atoms with Gasteiger partial charge in [0.2, 0.25) is 0 Å². The number of piperidine rings is 1. The van der Waals surface area contributed by atoms with Gasteiger partial charge in [-0.2, -0.15) is 0 Å². The molecule has 2 N–H and O–H groups in total. The third-order valence-electron chi connectivity index (χ3n) is 3.24. The first-order valence-electron chi connectivity index (χ1n) is 6.28. The maximum Gasteiger partial charge on any atom is 0.0945 e. The molecule has 2 rings (SSSR count). The van der Waals surface area contributed by atoms with Gasteiger partial charge in [-0.3, -0.25) is 0 Å². The van der Waals surface area contributed by atoms with E-state index in [9.17, 15) is 0 Å². The molecule has 1 aromatic rings. The third-order valence-corrected chi connectivity index (χ3v) is 3.24. The van der Waals surface area contributed by atoms with E-state index in [4.69, 9.17) is 5.73 Å². The van der Waals surface area contributed by atoms with E-state index >= 15 is 0 Å². The summed E-state index contributed by atoms with van der Waals surface area (Å²) in [4.78, 5) is 6.54. The molecular formula is C12H22N4. The number of hydrogen-bond donors (Lipinski definition) is 1. The van der Waals surface area contributed by atoms with Crippen LogP contribution in [0.25, 0.3) is 0 Å². The first-order chi connectivity index (χ1) is 7.84. The van der Waals surface area contributed by atoms with E-state index < -0.39 is 0 Å². The van der Waals surface area contributed by atoms with Gasteiger partial charge in [-0.1, -0.05) is 0 Å². The highest BCUT2D eigenvalue weighted by molar-refractivity contribution is 4.76. The summed E-state index contributed by atoms with van der Waals surface area (Å²) < 4.78 is 2.14.